The molecule has 286 valence electrons. The standard InChI is InChI=1S/2C16H26N2O4P2.2Rh/c2*19-15(20)13-6-4-11(17(13)23)9-2-1-3-10(8-9)12-5-7-14(16(21)22)18(12)24;;/h2*1-3,8,11-16,19-22H,4-7,23-24H2;;/t2*11-,12-,13+,14+;;/m11../s1. The van der Waals surface area contributed by atoms with Crippen molar-refractivity contribution in [1.29, 1.82) is 0 Å². The van der Waals surface area contributed by atoms with Gasteiger partial charge in [0.15, 0.2) is 25.2 Å². The summed E-state index contributed by atoms with van der Waals surface area (Å²) in [5, 5.41) is 75.8. The molecule has 0 aliphatic carbocycles. The molecule has 4 unspecified atom stereocenters. The number of hydrogen-bond acceptors (Lipinski definition) is 12. The van der Waals surface area contributed by atoms with Gasteiger partial charge in [-0.3, -0.25) is 18.7 Å². The van der Waals surface area contributed by atoms with Crippen LogP contribution in [-0.2, 0) is 39.0 Å². The summed E-state index contributed by atoms with van der Waals surface area (Å²) in [7, 11) is 10.5. The van der Waals surface area contributed by atoms with Gasteiger partial charge in [0.05, 0.1) is 24.2 Å². The van der Waals surface area contributed by atoms with Gasteiger partial charge in [0.1, 0.15) is 0 Å². The second-order valence-electron chi connectivity index (χ2n) is 13.4. The molecule has 0 amide bonds. The zero-order chi connectivity index (χ0) is 34.9. The topological polar surface area (TPSA) is 175 Å². The van der Waals surface area contributed by atoms with Crippen LogP contribution in [0.25, 0.3) is 0 Å². The molecule has 4 saturated heterocycles. The Labute approximate surface area is 329 Å². The molecule has 2 aromatic carbocycles. The molecule has 4 aliphatic heterocycles. The summed E-state index contributed by atoms with van der Waals surface area (Å²) in [6.07, 6.45) is 1.15. The maximum Gasteiger partial charge on any atom is 0.167 e. The fourth-order valence-corrected chi connectivity index (χ4v) is 10.4. The van der Waals surface area contributed by atoms with Gasteiger partial charge in [-0.2, -0.15) is 0 Å². The van der Waals surface area contributed by atoms with E-state index in [0.29, 0.717) is 0 Å². The molecule has 18 heteroatoms. The van der Waals surface area contributed by atoms with Crippen molar-refractivity contribution in [3.63, 3.8) is 0 Å². The molecular weight excluding hydrogens is 898 g/mol. The Morgan fingerprint density at radius 1 is 0.400 bits per heavy atom. The minimum atomic E-state index is -1.33. The first-order valence-electron chi connectivity index (χ1n) is 16.6. The Morgan fingerprint density at radius 3 is 0.760 bits per heavy atom. The molecule has 6 rings (SSSR count). The summed E-state index contributed by atoms with van der Waals surface area (Å²) in [5.41, 5.74) is 4.60. The summed E-state index contributed by atoms with van der Waals surface area (Å²) >= 11 is 0. The van der Waals surface area contributed by atoms with Gasteiger partial charge in [0.25, 0.3) is 0 Å². The quantitative estimate of drug-likeness (QED) is 0.110. The molecule has 4 fully saturated rings. The monoisotopic (exact) mass is 950 g/mol. The average molecular weight is 950 g/mol. The largest absolute Gasteiger partial charge is 0.367 e. The van der Waals surface area contributed by atoms with Crippen molar-refractivity contribution in [2.75, 3.05) is 0 Å². The van der Waals surface area contributed by atoms with E-state index in [1.165, 1.54) is 0 Å². The van der Waals surface area contributed by atoms with Crippen LogP contribution in [-0.4, -0.2) is 109 Å². The summed E-state index contributed by atoms with van der Waals surface area (Å²) in [5.74, 6) is 0. The van der Waals surface area contributed by atoms with E-state index in [1.54, 1.807) is 0 Å². The smallest absolute Gasteiger partial charge is 0.167 e. The Hall–Kier alpha value is 0.927. The first-order valence-corrected chi connectivity index (χ1v) is 18.6. The van der Waals surface area contributed by atoms with E-state index in [4.69, 9.17) is 0 Å². The van der Waals surface area contributed by atoms with Crippen LogP contribution in [0.5, 0.6) is 0 Å². The number of aliphatic hydroxyl groups excluding tert-OH is 4. The van der Waals surface area contributed by atoms with E-state index in [0.717, 1.165) is 73.6 Å². The van der Waals surface area contributed by atoms with E-state index in [9.17, 15) is 40.9 Å². The molecule has 2 radical (unpaired) electrons. The van der Waals surface area contributed by atoms with Gasteiger partial charge in [-0.25, -0.2) is 0 Å². The Kier molecular flexibility index (Phi) is 18.3. The fraction of sp³-hybridized carbons (Fsp3) is 0.625. The van der Waals surface area contributed by atoms with Gasteiger partial charge >= 0.3 is 0 Å². The van der Waals surface area contributed by atoms with Gasteiger partial charge in [-0.05, 0) is 73.6 Å². The predicted molar refractivity (Wildman–Crippen MR) is 195 cm³/mol. The summed E-state index contributed by atoms with van der Waals surface area (Å²) in [6.45, 7) is 0. The minimum Gasteiger partial charge on any atom is -0.367 e. The van der Waals surface area contributed by atoms with Gasteiger partial charge in [-0.1, -0.05) is 86.1 Å². The van der Waals surface area contributed by atoms with E-state index in [2.05, 4.69) is 74.0 Å². The van der Waals surface area contributed by atoms with Crippen molar-refractivity contribution in [2.45, 2.75) is 125 Å². The minimum absolute atomic E-state index is 0. The van der Waals surface area contributed by atoms with Crippen LogP contribution >= 0.6 is 37.6 Å². The van der Waals surface area contributed by atoms with Crippen molar-refractivity contribution in [3.05, 3.63) is 70.8 Å². The zero-order valence-corrected chi connectivity index (χ0v) is 35.4. The van der Waals surface area contributed by atoms with E-state index < -0.39 is 25.2 Å². The van der Waals surface area contributed by atoms with Crippen molar-refractivity contribution >= 4 is 37.6 Å². The van der Waals surface area contributed by atoms with E-state index in [1.807, 2.05) is 30.8 Å². The molecule has 12 nitrogen and oxygen atoms in total. The van der Waals surface area contributed by atoms with Crippen LogP contribution in [0, 0.1) is 0 Å². The fourth-order valence-electron chi connectivity index (χ4n) is 7.95. The SMILES string of the molecule is OC(O)[C@@H]1CC[C@H](c2cccc([C@H]3CC[C@@H](C(O)O)N3P)c2)N1P.OC(O)[C@@H]1CC[C@H](c2cccc([C@H]3CC[C@@H](C(O)O)N3P)c2)N1P.[Rh].[Rh]. The molecule has 50 heavy (non-hydrogen) atoms. The molecule has 0 saturated carbocycles. The van der Waals surface area contributed by atoms with Crippen LogP contribution in [0.3, 0.4) is 0 Å². The summed E-state index contributed by atoms with van der Waals surface area (Å²) in [6, 6.07) is 16.1. The third-order valence-electron chi connectivity index (χ3n) is 10.7. The summed E-state index contributed by atoms with van der Waals surface area (Å²) < 4.78 is 7.82. The van der Waals surface area contributed by atoms with E-state index >= 15 is 0 Å². The van der Waals surface area contributed by atoms with Crippen LogP contribution in [0.1, 0.15) is 97.8 Å². The molecule has 2 aromatic rings. The van der Waals surface area contributed by atoms with Crippen molar-refractivity contribution in [1.82, 2.24) is 18.7 Å². The number of benzene rings is 2. The normalized spacial score (nSPS) is 31.0. The Morgan fingerprint density at radius 2 is 0.600 bits per heavy atom. The molecule has 12 atom stereocenters. The van der Waals surface area contributed by atoms with Gasteiger partial charge < -0.3 is 40.9 Å². The van der Waals surface area contributed by atoms with E-state index in [-0.39, 0.29) is 87.3 Å². The first kappa shape index (κ1) is 45.3. The number of nitrogens with zero attached hydrogens (tertiary/aromatic N) is 4. The maximum atomic E-state index is 9.47. The average Bonchev–Trinajstić information content (AvgIpc) is 3.82. The predicted octanol–water partition coefficient (Wildman–Crippen LogP) is 1.79. The van der Waals surface area contributed by atoms with Crippen LogP contribution in [0.15, 0.2) is 48.5 Å². The number of aliphatic hydroxyl groups is 8. The number of hydrogen-bond donors (Lipinski definition) is 8. The maximum absolute atomic E-state index is 9.47. The second kappa shape index (κ2) is 20.2. The van der Waals surface area contributed by atoms with Gasteiger partial charge in [0.2, 0.25) is 0 Å². The molecule has 4 heterocycles. The molecule has 0 spiro atoms. The van der Waals surface area contributed by atoms with Gasteiger partial charge in [-0.15, -0.1) is 0 Å². The second-order valence-corrected chi connectivity index (χ2v) is 15.8. The van der Waals surface area contributed by atoms with Crippen molar-refractivity contribution < 1.29 is 79.8 Å². The van der Waals surface area contributed by atoms with Gasteiger partial charge in [0, 0.05) is 63.1 Å². The van der Waals surface area contributed by atoms with Crippen molar-refractivity contribution in [2.24, 2.45) is 0 Å². The van der Waals surface area contributed by atoms with Crippen LogP contribution < -0.4 is 0 Å². The first-order chi connectivity index (χ1) is 22.8. The number of rotatable bonds is 8. The van der Waals surface area contributed by atoms with Crippen molar-refractivity contribution in [3.8, 4) is 0 Å². The van der Waals surface area contributed by atoms with Crippen LogP contribution in [0.2, 0.25) is 0 Å². The Balaban J connectivity index is 0.000000260. The Bertz CT molecular complexity index is 1170. The molecular formula is C32H52N4O8P4Rh2. The van der Waals surface area contributed by atoms with Crippen LogP contribution in [0.4, 0.5) is 0 Å². The third kappa shape index (κ3) is 10.2. The zero-order valence-electron chi connectivity index (χ0n) is 27.5. The molecule has 8 N–H and O–H groups in total. The molecule has 0 bridgehead atoms. The molecule has 0 aromatic heterocycles. The summed E-state index contributed by atoms with van der Waals surface area (Å²) in [4.78, 5) is 0. The third-order valence-corrected chi connectivity index (χ3v) is 13.6. The molecule has 4 aliphatic rings.